The summed E-state index contributed by atoms with van der Waals surface area (Å²) in [6.45, 7) is 2.32. The monoisotopic (exact) mass is 364 g/mol. The van der Waals surface area contributed by atoms with E-state index in [4.69, 9.17) is 0 Å². The number of piperazine rings is 1. The zero-order chi connectivity index (χ0) is 19.2. The molecule has 1 fully saturated rings. The van der Waals surface area contributed by atoms with Gasteiger partial charge >= 0.3 is 0 Å². The van der Waals surface area contributed by atoms with Gasteiger partial charge in [0, 0.05) is 50.8 Å². The zero-order valence-electron chi connectivity index (χ0n) is 15.2. The van der Waals surface area contributed by atoms with Gasteiger partial charge in [-0.2, -0.15) is 5.26 Å². The van der Waals surface area contributed by atoms with Crippen molar-refractivity contribution in [1.29, 1.82) is 5.26 Å². The molecular weight excluding hydrogens is 343 g/mol. The average Bonchev–Trinajstić information content (AvgIpc) is 2.72. The van der Waals surface area contributed by atoms with Gasteiger partial charge in [-0.25, -0.2) is 4.39 Å². The maximum atomic E-state index is 13.1. The van der Waals surface area contributed by atoms with Crippen molar-refractivity contribution >= 4 is 17.3 Å². The second-order valence-electron chi connectivity index (χ2n) is 6.36. The summed E-state index contributed by atoms with van der Waals surface area (Å²) in [5.41, 5.74) is 1.94. The van der Waals surface area contributed by atoms with Crippen LogP contribution in [0.15, 0.2) is 66.4 Å². The summed E-state index contributed by atoms with van der Waals surface area (Å²) >= 11 is 0. The van der Waals surface area contributed by atoms with Gasteiger partial charge in [0.15, 0.2) is 0 Å². The summed E-state index contributed by atoms with van der Waals surface area (Å²) in [5.74, 6) is -0.530. The smallest absolute Gasteiger partial charge is 0.266 e. The van der Waals surface area contributed by atoms with E-state index in [1.54, 1.807) is 28.1 Å². The Kier molecular flexibility index (Phi) is 5.72. The van der Waals surface area contributed by atoms with Gasteiger partial charge in [0.2, 0.25) is 0 Å². The number of para-hydroxylation sites is 1. The molecule has 1 aliphatic rings. The highest BCUT2D eigenvalue weighted by Crippen LogP contribution is 2.18. The van der Waals surface area contributed by atoms with E-state index in [0.29, 0.717) is 26.2 Å². The first-order valence-corrected chi connectivity index (χ1v) is 8.78. The molecule has 0 bridgehead atoms. The Labute approximate surface area is 158 Å². The van der Waals surface area contributed by atoms with Crippen LogP contribution >= 0.6 is 0 Å². The number of nitriles is 1. The van der Waals surface area contributed by atoms with Crippen LogP contribution in [0, 0.1) is 17.1 Å². The molecular formula is C21H21FN4O. The van der Waals surface area contributed by atoms with Crippen LogP contribution in [0.3, 0.4) is 0 Å². The van der Waals surface area contributed by atoms with Crippen LogP contribution in [-0.4, -0.2) is 44.0 Å². The summed E-state index contributed by atoms with van der Waals surface area (Å²) < 4.78 is 13.1. The number of benzene rings is 2. The third-order valence-electron chi connectivity index (χ3n) is 4.60. The number of amides is 1. The first-order valence-electron chi connectivity index (χ1n) is 8.78. The summed E-state index contributed by atoms with van der Waals surface area (Å²) in [4.78, 5) is 18.3. The molecule has 1 aliphatic heterocycles. The lowest BCUT2D eigenvalue weighted by molar-refractivity contribution is -0.127. The number of hydrogen-bond donors (Lipinski definition) is 0. The van der Waals surface area contributed by atoms with Crippen LogP contribution in [0.2, 0.25) is 0 Å². The normalized spacial score (nSPS) is 14.6. The van der Waals surface area contributed by atoms with E-state index < -0.39 is 0 Å². The van der Waals surface area contributed by atoms with Crippen molar-refractivity contribution in [2.75, 3.05) is 43.0 Å². The number of halogens is 1. The highest BCUT2D eigenvalue weighted by molar-refractivity contribution is 5.97. The van der Waals surface area contributed by atoms with Gasteiger partial charge in [-0.3, -0.25) is 4.79 Å². The van der Waals surface area contributed by atoms with Crippen LogP contribution in [-0.2, 0) is 4.79 Å². The molecule has 0 radical (unpaired) electrons. The fourth-order valence-corrected chi connectivity index (χ4v) is 3.05. The Hall–Kier alpha value is -3.33. The molecule has 6 heteroatoms. The SMILES string of the molecule is CN(/C=C(/C#N)C(=O)N1CCN(c2ccc(F)cc2)CC1)c1ccccc1. The summed E-state index contributed by atoms with van der Waals surface area (Å²) in [7, 11) is 1.81. The van der Waals surface area contributed by atoms with E-state index in [-0.39, 0.29) is 17.3 Å². The maximum absolute atomic E-state index is 13.1. The summed E-state index contributed by atoms with van der Waals surface area (Å²) in [6.07, 6.45) is 1.57. The van der Waals surface area contributed by atoms with Gasteiger partial charge in [-0.05, 0) is 36.4 Å². The Balaban J connectivity index is 1.64. The highest BCUT2D eigenvalue weighted by Gasteiger charge is 2.24. The molecule has 0 unspecified atom stereocenters. The Morgan fingerprint density at radius 1 is 1.07 bits per heavy atom. The van der Waals surface area contributed by atoms with Gasteiger partial charge in [-0.15, -0.1) is 0 Å². The van der Waals surface area contributed by atoms with E-state index >= 15 is 0 Å². The van der Waals surface area contributed by atoms with E-state index in [2.05, 4.69) is 4.90 Å². The lowest BCUT2D eigenvalue weighted by Crippen LogP contribution is -2.49. The van der Waals surface area contributed by atoms with Gasteiger partial charge in [0.05, 0.1) is 0 Å². The van der Waals surface area contributed by atoms with E-state index in [1.165, 1.54) is 12.1 Å². The third-order valence-corrected chi connectivity index (χ3v) is 4.60. The van der Waals surface area contributed by atoms with Gasteiger partial charge < -0.3 is 14.7 Å². The minimum Gasteiger partial charge on any atom is -0.368 e. The van der Waals surface area contributed by atoms with Gasteiger partial charge in [0.1, 0.15) is 17.5 Å². The van der Waals surface area contributed by atoms with Crippen molar-refractivity contribution in [2.45, 2.75) is 0 Å². The van der Waals surface area contributed by atoms with Crippen molar-refractivity contribution in [1.82, 2.24) is 4.90 Å². The molecule has 2 aromatic rings. The Bertz CT molecular complexity index is 850. The first-order chi connectivity index (χ1) is 13.1. The topological polar surface area (TPSA) is 50.6 Å². The number of carbonyl (C=O) groups is 1. The van der Waals surface area contributed by atoms with Crippen LogP contribution < -0.4 is 9.80 Å². The third kappa shape index (κ3) is 4.45. The van der Waals surface area contributed by atoms with Crippen LogP contribution in [0.4, 0.5) is 15.8 Å². The minimum atomic E-state index is -0.265. The number of carbonyl (C=O) groups excluding carboxylic acids is 1. The van der Waals surface area contributed by atoms with Crippen LogP contribution in [0.1, 0.15) is 0 Å². The van der Waals surface area contributed by atoms with Gasteiger partial charge in [0.25, 0.3) is 5.91 Å². The predicted octanol–water partition coefficient (Wildman–Crippen LogP) is 3.02. The number of hydrogen-bond acceptors (Lipinski definition) is 4. The number of rotatable bonds is 4. The standard InChI is InChI=1S/C21H21FN4O/c1-24(19-5-3-2-4-6-19)16-17(15-23)21(27)26-13-11-25(12-14-26)20-9-7-18(22)8-10-20/h2-10,16H,11-14H2,1H3/b17-16-. The molecule has 0 saturated carbocycles. The fourth-order valence-electron chi connectivity index (χ4n) is 3.05. The first kappa shape index (κ1) is 18.5. The van der Waals surface area contributed by atoms with E-state index in [9.17, 15) is 14.4 Å². The molecule has 1 amide bonds. The molecule has 1 heterocycles. The molecule has 0 aromatic heterocycles. The van der Waals surface area contributed by atoms with Gasteiger partial charge in [-0.1, -0.05) is 18.2 Å². The second-order valence-corrected chi connectivity index (χ2v) is 6.36. The average molecular weight is 364 g/mol. The van der Waals surface area contributed by atoms with Crippen molar-refractivity contribution in [3.8, 4) is 6.07 Å². The molecule has 0 aliphatic carbocycles. The van der Waals surface area contributed by atoms with Crippen LogP contribution in [0.25, 0.3) is 0 Å². The summed E-state index contributed by atoms with van der Waals surface area (Å²) in [6, 6.07) is 17.9. The quantitative estimate of drug-likeness (QED) is 0.618. The number of anilines is 2. The molecule has 5 nitrogen and oxygen atoms in total. The molecule has 27 heavy (non-hydrogen) atoms. The lowest BCUT2D eigenvalue weighted by Gasteiger charge is -2.36. The zero-order valence-corrected chi connectivity index (χ0v) is 15.2. The molecule has 0 N–H and O–H groups in total. The van der Waals surface area contributed by atoms with Crippen molar-refractivity contribution in [3.63, 3.8) is 0 Å². The Morgan fingerprint density at radius 2 is 1.70 bits per heavy atom. The van der Waals surface area contributed by atoms with Crippen LogP contribution in [0.5, 0.6) is 0 Å². The number of nitrogens with zero attached hydrogens (tertiary/aromatic N) is 4. The molecule has 1 saturated heterocycles. The fraction of sp³-hybridized carbons (Fsp3) is 0.238. The maximum Gasteiger partial charge on any atom is 0.266 e. The predicted molar refractivity (Wildman–Crippen MR) is 104 cm³/mol. The minimum absolute atomic E-state index is 0.108. The molecule has 0 atom stereocenters. The molecule has 3 rings (SSSR count). The Morgan fingerprint density at radius 3 is 2.30 bits per heavy atom. The molecule has 2 aromatic carbocycles. The largest absolute Gasteiger partial charge is 0.368 e. The molecule has 0 spiro atoms. The van der Waals surface area contributed by atoms with Crippen molar-refractivity contribution < 1.29 is 9.18 Å². The van der Waals surface area contributed by atoms with Crippen molar-refractivity contribution in [2.24, 2.45) is 0 Å². The molecule has 138 valence electrons. The summed E-state index contributed by atoms with van der Waals surface area (Å²) in [5, 5.41) is 9.44. The van der Waals surface area contributed by atoms with E-state index in [1.807, 2.05) is 43.4 Å². The second kappa shape index (κ2) is 8.37. The van der Waals surface area contributed by atoms with Crippen molar-refractivity contribution in [3.05, 3.63) is 72.2 Å². The highest BCUT2D eigenvalue weighted by atomic mass is 19.1. The van der Waals surface area contributed by atoms with E-state index in [0.717, 1.165) is 11.4 Å². The lowest BCUT2D eigenvalue weighted by atomic mass is 10.2.